The lowest BCUT2D eigenvalue weighted by atomic mass is 10.1. The molecule has 5 nitrogen and oxygen atoms in total. The zero-order chi connectivity index (χ0) is 16.2. The van der Waals surface area contributed by atoms with Crippen LogP contribution >= 0.6 is 0 Å². The average Bonchev–Trinajstić information content (AvgIpc) is 3.02. The van der Waals surface area contributed by atoms with Crippen molar-refractivity contribution in [3.8, 4) is 11.5 Å². The number of oxazole rings is 1. The van der Waals surface area contributed by atoms with Crippen molar-refractivity contribution in [3.63, 3.8) is 0 Å². The van der Waals surface area contributed by atoms with Gasteiger partial charge in [0, 0.05) is 11.6 Å². The third-order valence-corrected chi connectivity index (χ3v) is 3.80. The largest absolute Gasteiger partial charge is 0.497 e. The minimum absolute atomic E-state index is 0.0649. The number of nitrogens with one attached hydrogen (secondary N) is 1. The fraction of sp³-hybridized carbons (Fsp3) is 0.278. The van der Waals surface area contributed by atoms with Crippen LogP contribution in [0.25, 0.3) is 11.1 Å². The molecule has 0 spiro atoms. The highest BCUT2D eigenvalue weighted by Gasteiger charge is 2.14. The number of para-hydroxylation sites is 2. The van der Waals surface area contributed by atoms with E-state index in [9.17, 15) is 0 Å². The van der Waals surface area contributed by atoms with E-state index < -0.39 is 0 Å². The summed E-state index contributed by atoms with van der Waals surface area (Å²) in [6.45, 7) is 2.61. The first-order chi connectivity index (χ1) is 11.2. The molecule has 1 unspecified atom stereocenters. The van der Waals surface area contributed by atoms with Gasteiger partial charge in [0.25, 0.3) is 0 Å². The Morgan fingerprint density at radius 2 is 1.96 bits per heavy atom. The van der Waals surface area contributed by atoms with Gasteiger partial charge in [-0.1, -0.05) is 12.1 Å². The Balaban J connectivity index is 1.74. The van der Waals surface area contributed by atoms with Gasteiger partial charge < -0.3 is 19.2 Å². The van der Waals surface area contributed by atoms with Gasteiger partial charge in [-0.2, -0.15) is 0 Å². The number of methoxy groups -OCH3 is 2. The van der Waals surface area contributed by atoms with E-state index in [2.05, 4.69) is 17.2 Å². The first-order valence-electron chi connectivity index (χ1n) is 7.51. The van der Waals surface area contributed by atoms with Crippen LogP contribution in [-0.2, 0) is 6.54 Å². The number of rotatable bonds is 6. The van der Waals surface area contributed by atoms with Crippen molar-refractivity contribution < 1.29 is 13.9 Å². The maximum absolute atomic E-state index is 5.73. The lowest BCUT2D eigenvalue weighted by Crippen LogP contribution is -2.19. The molecule has 120 valence electrons. The number of ether oxygens (including phenoxy) is 2. The third kappa shape index (κ3) is 3.29. The van der Waals surface area contributed by atoms with Gasteiger partial charge in [-0.05, 0) is 37.3 Å². The smallest absolute Gasteiger partial charge is 0.209 e. The quantitative estimate of drug-likeness (QED) is 0.752. The van der Waals surface area contributed by atoms with Crippen LogP contribution in [0.3, 0.4) is 0 Å². The van der Waals surface area contributed by atoms with E-state index in [1.54, 1.807) is 14.2 Å². The van der Waals surface area contributed by atoms with Crippen molar-refractivity contribution >= 4 is 11.1 Å². The predicted molar refractivity (Wildman–Crippen MR) is 88.8 cm³/mol. The van der Waals surface area contributed by atoms with Gasteiger partial charge in [0.1, 0.15) is 17.0 Å². The maximum atomic E-state index is 5.73. The molecule has 0 amide bonds. The molecule has 0 saturated carbocycles. The summed E-state index contributed by atoms with van der Waals surface area (Å²) in [4.78, 5) is 4.47. The van der Waals surface area contributed by atoms with E-state index >= 15 is 0 Å². The van der Waals surface area contributed by atoms with Crippen molar-refractivity contribution in [3.05, 3.63) is 53.9 Å². The Morgan fingerprint density at radius 1 is 1.13 bits per heavy atom. The van der Waals surface area contributed by atoms with E-state index in [0.717, 1.165) is 28.2 Å². The van der Waals surface area contributed by atoms with Crippen LogP contribution in [0.4, 0.5) is 0 Å². The number of aromatic nitrogens is 1. The fourth-order valence-electron chi connectivity index (χ4n) is 2.52. The topological polar surface area (TPSA) is 56.5 Å². The first-order valence-corrected chi connectivity index (χ1v) is 7.51. The Hall–Kier alpha value is -2.53. The van der Waals surface area contributed by atoms with Gasteiger partial charge in [-0.25, -0.2) is 4.98 Å². The molecule has 0 aliphatic rings. The maximum Gasteiger partial charge on any atom is 0.209 e. The lowest BCUT2D eigenvalue weighted by Gasteiger charge is -2.17. The molecule has 1 aromatic heterocycles. The van der Waals surface area contributed by atoms with Crippen molar-refractivity contribution in [1.82, 2.24) is 10.3 Å². The number of hydrogen-bond donors (Lipinski definition) is 1. The minimum Gasteiger partial charge on any atom is -0.497 e. The number of hydrogen-bond acceptors (Lipinski definition) is 5. The molecule has 23 heavy (non-hydrogen) atoms. The van der Waals surface area contributed by atoms with E-state index in [1.165, 1.54) is 0 Å². The van der Waals surface area contributed by atoms with E-state index in [4.69, 9.17) is 13.9 Å². The molecule has 0 aliphatic carbocycles. The SMILES string of the molecule is COc1ccc(OC)c(C(C)NCc2nc3ccccc3o2)c1. The van der Waals surface area contributed by atoms with Crippen LogP contribution in [0.15, 0.2) is 46.9 Å². The summed E-state index contributed by atoms with van der Waals surface area (Å²) in [5, 5.41) is 3.41. The molecular formula is C18H20N2O3. The molecule has 2 aromatic carbocycles. The Kier molecular flexibility index (Phi) is 4.48. The van der Waals surface area contributed by atoms with Crippen LogP contribution < -0.4 is 14.8 Å². The van der Waals surface area contributed by atoms with Gasteiger partial charge in [-0.3, -0.25) is 0 Å². The standard InChI is InChI=1S/C18H20N2O3/c1-12(14-10-13(21-2)8-9-16(14)22-3)19-11-18-20-15-6-4-5-7-17(15)23-18/h4-10,12,19H,11H2,1-3H3. The van der Waals surface area contributed by atoms with Crippen molar-refractivity contribution in [1.29, 1.82) is 0 Å². The molecule has 0 fully saturated rings. The van der Waals surface area contributed by atoms with Crippen molar-refractivity contribution in [2.45, 2.75) is 19.5 Å². The highest BCUT2D eigenvalue weighted by Crippen LogP contribution is 2.29. The highest BCUT2D eigenvalue weighted by molar-refractivity contribution is 5.72. The molecule has 0 aliphatic heterocycles. The molecule has 0 bridgehead atoms. The normalized spacial score (nSPS) is 12.3. The predicted octanol–water partition coefficient (Wildman–Crippen LogP) is 3.70. The van der Waals surface area contributed by atoms with E-state index in [0.29, 0.717) is 12.4 Å². The number of fused-ring (bicyclic) bond motifs is 1. The van der Waals surface area contributed by atoms with Crippen LogP contribution in [0.5, 0.6) is 11.5 Å². The van der Waals surface area contributed by atoms with Crippen LogP contribution in [-0.4, -0.2) is 19.2 Å². The summed E-state index contributed by atoms with van der Waals surface area (Å²) >= 11 is 0. The third-order valence-electron chi connectivity index (χ3n) is 3.80. The summed E-state index contributed by atoms with van der Waals surface area (Å²) in [5.41, 5.74) is 2.70. The van der Waals surface area contributed by atoms with Crippen LogP contribution in [0.1, 0.15) is 24.4 Å². The Morgan fingerprint density at radius 3 is 2.70 bits per heavy atom. The summed E-state index contributed by atoms with van der Waals surface area (Å²) in [5.74, 6) is 2.29. The first kappa shape index (κ1) is 15.4. The Bertz CT molecular complexity index is 765. The summed E-state index contributed by atoms with van der Waals surface area (Å²) in [6, 6.07) is 13.6. The van der Waals surface area contributed by atoms with Gasteiger partial charge in [-0.15, -0.1) is 0 Å². The second-order valence-corrected chi connectivity index (χ2v) is 5.29. The van der Waals surface area contributed by atoms with Crippen molar-refractivity contribution in [2.24, 2.45) is 0 Å². The zero-order valence-electron chi connectivity index (χ0n) is 13.5. The van der Waals surface area contributed by atoms with Gasteiger partial charge >= 0.3 is 0 Å². The molecule has 0 saturated heterocycles. The van der Waals surface area contributed by atoms with Gasteiger partial charge in [0.15, 0.2) is 5.58 Å². The molecule has 1 atom stereocenters. The van der Waals surface area contributed by atoms with Gasteiger partial charge in [0.05, 0.1) is 20.8 Å². The molecular weight excluding hydrogens is 292 g/mol. The summed E-state index contributed by atoms with van der Waals surface area (Å²) in [7, 11) is 3.32. The van der Waals surface area contributed by atoms with Crippen LogP contribution in [0.2, 0.25) is 0 Å². The number of nitrogens with zero attached hydrogens (tertiary/aromatic N) is 1. The highest BCUT2D eigenvalue weighted by atomic mass is 16.5. The second kappa shape index (κ2) is 6.71. The van der Waals surface area contributed by atoms with E-state index in [1.807, 2.05) is 42.5 Å². The number of benzene rings is 2. The Labute approximate surface area is 135 Å². The zero-order valence-corrected chi connectivity index (χ0v) is 13.5. The second-order valence-electron chi connectivity index (χ2n) is 5.29. The lowest BCUT2D eigenvalue weighted by molar-refractivity contribution is 0.388. The van der Waals surface area contributed by atoms with Crippen molar-refractivity contribution in [2.75, 3.05) is 14.2 Å². The molecule has 0 radical (unpaired) electrons. The molecule has 3 rings (SSSR count). The summed E-state index contributed by atoms with van der Waals surface area (Å²) in [6.07, 6.45) is 0. The van der Waals surface area contributed by atoms with Crippen LogP contribution in [0, 0.1) is 0 Å². The molecule has 5 heteroatoms. The summed E-state index contributed by atoms with van der Waals surface area (Å²) < 4.78 is 16.5. The van der Waals surface area contributed by atoms with Gasteiger partial charge in [0.2, 0.25) is 5.89 Å². The van der Waals surface area contributed by atoms with E-state index in [-0.39, 0.29) is 6.04 Å². The monoisotopic (exact) mass is 312 g/mol. The fourth-order valence-corrected chi connectivity index (χ4v) is 2.52. The minimum atomic E-state index is 0.0649. The average molecular weight is 312 g/mol. The molecule has 3 aromatic rings. The molecule has 1 heterocycles. The molecule has 1 N–H and O–H groups in total.